The first-order chi connectivity index (χ1) is 15.3. The molecule has 1 atom stereocenters. The normalized spacial score (nSPS) is 16.7. The maximum Gasteiger partial charge on any atom is 0.150 e. The van der Waals surface area contributed by atoms with Gasteiger partial charge in [0.15, 0.2) is 5.65 Å². The molecule has 1 aliphatic rings. The molecule has 1 fully saturated rings. The molecule has 3 heterocycles. The Kier molecular flexibility index (Phi) is 5.38. The molecule has 0 radical (unpaired) electrons. The van der Waals surface area contributed by atoms with Crippen LogP contribution in [0.1, 0.15) is 25.7 Å². The highest BCUT2D eigenvalue weighted by atomic mass is 19.1. The van der Waals surface area contributed by atoms with Crippen LogP contribution < -0.4 is 4.90 Å². The van der Waals surface area contributed by atoms with E-state index in [0.29, 0.717) is 0 Å². The number of halogens is 1. The van der Waals surface area contributed by atoms with E-state index in [1.165, 1.54) is 12.1 Å². The SMILES string of the molecule is OCCC1CCCCN1c1ncnc2c1c(-c1ccccc1)cn2-c1ccc(F)cc1. The third-order valence-electron chi connectivity index (χ3n) is 6.11. The Labute approximate surface area is 180 Å². The number of piperidine rings is 1. The predicted octanol–water partition coefficient (Wildman–Crippen LogP) is 4.97. The highest BCUT2D eigenvalue weighted by Crippen LogP contribution is 2.38. The number of fused-ring (bicyclic) bond motifs is 1. The Morgan fingerprint density at radius 1 is 1.00 bits per heavy atom. The van der Waals surface area contributed by atoms with Crippen molar-refractivity contribution in [2.75, 3.05) is 18.1 Å². The molecule has 1 aliphatic heterocycles. The minimum absolute atomic E-state index is 0.164. The van der Waals surface area contributed by atoms with Crippen molar-refractivity contribution in [3.63, 3.8) is 0 Å². The van der Waals surface area contributed by atoms with Gasteiger partial charge < -0.3 is 14.6 Å². The van der Waals surface area contributed by atoms with Crippen molar-refractivity contribution in [1.29, 1.82) is 0 Å². The van der Waals surface area contributed by atoms with Crippen molar-refractivity contribution in [3.8, 4) is 16.8 Å². The van der Waals surface area contributed by atoms with Crippen LogP contribution in [0.2, 0.25) is 0 Å². The molecule has 1 unspecified atom stereocenters. The number of benzene rings is 2. The van der Waals surface area contributed by atoms with Gasteiger partial charge in [-0.3, -0.25) is 0 Å². The molecule has 158 valence electrons. The van der Waals surface area contributed by atoms with Crippen LogP contribution in [0, 0.1) is 5.82 Å². The van der Waals surface area contributed by atoms with Crippen LogP contribution in [0.25, 0.3) is 27.8 Å². The molecule has 5 nitrogen and oxygen atoms in total. The van der Waals surface area contributed by atoms with Crippen molar-refractivity contribution in [1.82, 2.24) is 14.5 Å². The number of anilines is 1. The molecule has 2 aromatic heterocycles. The van der Waals surface area contributed by atoms with Gasteiger partial charge in [0.1, 0.15) is 18.0 Å². The van der Waals surface area contributed by atoms with Crippen molar-refractivity contribution >= 4 is 16.9 Å². The van der Waals surface area contributed by atoms with Crippen LogP contribution in [0.3, 0.4) is 0 Å². The lowest BCUT2D eigenvalue weighted by atomic mass is 9.98. The predicted molar refractivity (Wildman–Crippen MR) is 121 cm³/mol. The second-order valence-electron chi connectivity index (χ2n) is 8.01. The lowest BCUT2D eigenvalue weighted by molar-refractivity contribution is 0.262. The van der Waals surface area contributed by atoms with Crippen LogP contribution in [0.5, 0.6) is 0 Å². The van der Waals surface area contributed by atoms with Gasteiger partial charge in [-0.25, -0.2) is 14.4 Å². The summed E-state index contributed by atoms with van der Waals surface area (Å²) in [6, 6.07) is 16.9. The fourth-order valence-corrected chi connectivity index (χ4v) is 4.63. The molecule has 4 aromatic rings. The number of hydrogen-bond donors (Lipinski definition) is 1. The number of hydrogen-bond acceptors (Lipinski definition) is 4. The van der Waals surface area contributed by atoms with E-state index in [-0.39, 0.29) is 18.5 Å². The molecule has 0 saturated carbocycles. The standard InChI is InChI=1S/C25H25FN4O/c26-19-9-11-21(12-10-19)30-16-22(18-6-2-1-3-7-18)23-24(27-17-28-25(23)30)29-14-5-4-8-20(29)13-15-31/h1-3,6-7,9-12,16-17,20,31H,4-5,8,13-15H2. The molecule has 0 bridgehead atoms. The van der Waals surface area contributed by atoms with Gasteiger partial charge in [0.2, 0.25) is 0 Å². The molecule has 2 aromatic carbocycles. The zero-order valence-electron chi connectivity index (χ0n) is 17.3. The minimum Gasteiger partial charge on any atom is -0.396 e. The molecule has 0 amide bonds. The fraction of sp³-hybridized carbons (Fsp3) is 0.280. The molecule has 5 rings (SSSR count). The summed E-state index contributed by atoms with van der Waals surface area (Å²) < 4.78 is 15.6. The number of nitrogens with zero attached hydrogens (tertiary/aromatic N) is 4. The summed E-state index contributed by atoms with van der Waals surface area (Å²) >= 11 is 0. The number of aliphatic hydroxyl groups excluding tert-OH is 1. The molecule has 0 aliphatic carbocycles. The van der Waals surface area contributed by atoms with E-state index in [9.17, 15) is 9.50 Å². The molecule has 31 heavy (non-hydrogen) atoms. The topological polar surface area (TPSA) is 54.2 Å². The molecule has 6 heteroatoms. The summed E-state index contributed by atoms with van der Waals surface area (Å²) in [6.07, 6.45) is 7.72. The lowest BCUT2D eigenvalue weighted by Gasteiger charge is -2.37. The van der Waals surface area contributed by atoms with Gasteiger partial charge in [-0.05, 0) is 55.5 Å². The van der Waals surface area contributed by atoms with Gasteiger partial charge in [0, 0.05) is 36.6 Å². The minimum atomic E-state index is -0.265. The maximum atomic E-state index is 13.5. The van der Waals surface area contributed by atoms with E-state index < -0.39 is 0 Å². The van der Waals surface area contributed by atoms with E-state index in [4.69, 9.17) is 4.98 Å². The van der Waals surface area contributed by atoms with E-state index >= 15 is 0 Å². The molecular formula is C25H25FN4O. The van der Waals surface area contributed by atoms with Gasteiger partial charge in [-0.1, -0.05) is 30.3 Å². The molecule has 0 spiro atoms. The Morgan fingerprint density at radius 3 is 2.58 bits per heavy atom. The quantitative estimate of drug-likeness (QED) is 0.499. The average Bonchev–Trinajstić information content (AvgIpc) is 3.21. The van der Waals surface area contributed by atoms with Crippen LogP contribution >= 0.6 is 0 Å². The Morgan fingerprint density at radius 2 is 1.81 bits per heavy atom. The van der Waals surface area contributed by atoms with Gasteiger partial charge in [-0.2, -0.15) is 0 Å². The zero-order valence-corrected chi connectivity index (χ0v) is 17.3. The van der Waals surface area contributed by atoms with Gasteiger partial charge in [-0.15, -0.1) is 0 Å². The van der Waals surface area contributed by atoms with Crippen molar-refractivity contribution in [2.24, 2.45) is 0 Å². The van der Waals surface area contributed by atoms with Crippen LogP contribution in [0.15, 0.2) is 67.1 Å². The van der Waals surface area contributed by atoms with E-state index in [1.807, 2.05) is 22.8 Å². The third-order valence-corrected chi connectivity index (χ3v) is 6.11. The second kappa shape index (κ2) is 8.47. The zero-order chi connectivity index (χ0) is 21.2. The summed E-state index contributed by atoms with van der Waals surface area (Å²) in [4.78, 5) is 11.7. The summed E-state index contributed by atoms with van der Waals surface area (Å²) in [6.45, 7) is 1.07. The Balaban J connectivity index is 1.75. The van der Waals surface area contributed by atoms with Gasteiger partial charge in [0.25, 0.3) is 0 Å². The fourth-order valence-electron chi connectivity index (χ4n) is 4.63. The Hall–Kier alpha value is -3.25. The summed E-state index contributed by atoms with van der Waals surface area (Å²) in [7, 11) is 0. The van der Waals surface area contributed by atoms with Gasteiger partial charge in [0.05, 0.1) is 5.39 Å². The molecule has 1 N–H and O–H groups in total. The maximum absolute atomic E-state index is 13.5. The summed E-state index contributed by atoms with van der Waals surface area (Å²) in [5.74, 6) is 0.641. The van der Waals surface area contributed by atoms with E-state index in [1.54, 1.807) is 18.5 Å². The molecular weight excluding hydrogens is 391 g/mol. The van der Waals surface area contributed by atoms with Crippen molar-refractivity contribution in [2.45, 2.75) is 31.7 Å². The van der Waals surface area contributed by atoms with E-state index in [2.05, 4.69) is 28.2 Å². The van der Waals surface area contributed by atoms with Crippen LogP contribution in [-0.2, 0) is 0 Å². The largest absolute Gasteiger partial charge is 0.396 e. The number of aliphatic hydroxyl groups is 1. The number of rotatable bonds is 5. The lowest BCUT2D eigenvalue weighted by Crippen LogP contribution is -2.40. The first kappa shape index (κ1) is 19.7. The first-order valence-corrected chi connectivity index (χ1v) is 10.8. The average molecular weight is 417 g/mol. The smallest absolute Gasteiger partial charge is 0.150 e. The van der Waals surface area contributed by atoms with E-state index in [0.717, 1.165) is 65.9 Å². The Bertz CT molecular complexity index is 1170. The van der Waals surface area contributed by atoms with Crippen molar-refractivity contribution in [3.05, 3.63) is 72.9 Å². The molecule has 1 saturated heterocycles. The van der Waals surface area contributed by atoms with Crippen LogP contribution in [-0.4, -0.2) is 38.8 Å². The highest BCUT2D eigenvalue weighted by molar-refractivity contribution is 6.02. The first-order valence-electron chi connectivity index (χ1n) is 10.8. The van der Waals surface area contributed by atoms with Gasteiger partial charge >= 0.3 is 0 Å². The number of aromatic nitrogens is 3. The van der Waals surface area contributed by atoms with Crippen LogP contribution in [0.4, 0.5) is 10.2 Å². The monoisotopic (exact) mass is 416 g/mol. The van der Waals surface area contributed by atoms with Crippen molar-refractivity contribution < 1.29 is 9.50 Å². The summed E-state index contributed by atoms with van der Waals surface area (Å²) in [5, 5.41) is 10.6. The third kappa shape index (κ3) is 3.68. The second-order valence-corrected chi connectivity index (χ2v) is 8.01. The summed E-state index contributed by atoms with van der Waals surface area (Å²) in [5.41, 5.74) is 3.77. The highest BCUT2D eigenvalue weighted by Gasteiger charge is 2.27.